The van der Waals surface area contributed by atoms with Gasteiger partial charge in [0.25, 0.3) is 0 Å². The minimum absolute atomic E-state index is 0.00641. The van der Waals surface area contributed by atoms with Gasteiger partial charge in [-0.1, -0.05) is 11.6 Å². The first kappa shape index (κ1) is 24.0. The highest BCUT2D eigenvalue weighted by Gasteiger charge is 2.24. The molecule has 0 bridgehead atoms. The monoisotopic (exact) mass is 474 g/mol. The number of benzene rings is 2. The van der Waals surface area contributed by atoms with E-state index >= 15 is 0 Å². The number of amidine groups is 1. The summed E-state index contributed by atoms with van der Waals surface area (Å²) in [4.78, 5) is 14.0. The molecule has 1 fully saturated rings. The zero-order valence-corrected chi connectivity index (χ0v) is 20.1. The molecule has 1 aliphatic rings. The van der Waals surface area contributed by atoms with E-state index in [-0.39, 0.29) is 17.1 Å². The van der Waals surface area contributed by atoms with Crippen molar-refractivity contribution in [3.8, 4) is 0 Å². The molecule has 0 unspecified atom stereocenters. The number of carbonyl (C=O) groups is 1. The molecular formula is C26H30N6O3. The third-order valence-corrected chi connectivity index (χ3v) is 5.96. The van der Waals surface area contributed by atoms with Crippen molar-refractivity contribution in [1.29, 1.82) is 5.41 Å². The summed E-state index contributed by atoms with van der Waals surface area (Å²) in [7, 11) is 1.60. The first-order valence-electron chi connectivity index (χ1n) is 11.4. The number of furan rings is 1. The smallest absolute Gasteiger partial charge is 0.168 e. The van der Waals surface area contributed by atoms with Crippen LogP contribution in [0.15, 0.2) is 57.6 Å². The van der Waals surface area contributed by atoms with Crippen molar-refractivity contribution in [2.45, 2.75) is 13.8 Å². The highest BCUT2D eigenvalue weighted by molar-refractivity contribution is 6.46. The van der Waals surface area contributed by atoms with Crippen molar-refractivity contribution in [2.24, 2.45) is 10.8 Å². The van der Waals surface area contributed by atoms with Crippen LogP contribution in [0, 0.1) is 19.3 Å². The lowest BCUT2D eigenvalue weighted by molar-refractivity contribution is -0.102. The van der Waals surface area contributed by atoms with Crippen molar-refractivity contribution >= 4 is 45.9 Å². The largest absolute Gasteiger partial charge is 0.454 e. The Morgan fingerprint density at radius 2 is 1.86 bits per heavy atom. The van der Waals surface area contributed by atoms with Crippen LogP contribution in [-0.2, 0) is 9.53 Å². The van der Waals surface area contributed by atoms with Gasteiger partial charge in [-0.05, 0) is 50.2 Å². The number of rotatable bonds is 8. The molecule has 4 rings (SSSR count). The van der Waals surface area contributed by atoms with Crippen molar-refractivity contribution in [3.05, 3.63) is 64.9 Å². The number of morpholine rings is 1. The highest BCUT2D eigenvalue weighted by atomic mass is 16.5. The third kappa shape index (κ3) is 5.04. The van der Waals surface area contributed by atoms with E-state index in [0.717, 1.165) is 41.0 Å². The number of hydrogen-bond donors (Lipinski definition) is 4. The molecule has 0 saturated carbocycles. The Kier molecular flexibility index (Phi) is 7.17. The van der Waals surface area contributed by atoms with Gasteiger partial charge in [-0.15, -0.1) is 0 Å². The van der Waals surface area contributed by atoms with E-state index in [4.69, 9.17) is 20.3 Å². The van der Waals surface area contributed by atoms with Crippen LogP contribution in [-0.4, -0.2) is 51.2 Å². The maximum Gasteiger partial charge on any atom is 0.168 e. The average molecular weight is 475 g/mol. The number of aryl methyl sites for hydroxylation is 2. The minimum Gasteiger partial charge on any atom is -0.454 e. The van der Waals surface area contributed by atoms with E-state index in [2.05, 4.69) is 20.7 Å². The van der Waals surface area contributed by atoms with Gasteiger partial charge >= 0.3 is 0 Å². The van der Waals surface area contributed by atoms with Crippen LogP contribution < -0.4 is 21.4 Å². The van der Waals surface area contributed by atoms with E-state index in [1.54, 1.807) is 7.05 Å². The Hall–Kier alpha value is -4.11. The second-order valence-corrected chi connectivity index (χ2v) is 8.33. The van der Waals surface area contributed by atoms with E-state index in [1.165, 1.54) is 0 Å². The van der Waals surface area contributed by atoms with Gasteiger partial charge in [0.05, 0.1) is 24.5 Å². The quantitative estimate of drug-likeness (QED) is 0.170. The maximum absolute atomic E-state index is 11.7. The normalized spacial score (nSPS) is 15.1. The van der Waals surface area contributed by atoms with Crippen molar-refractivity contribution < 1.29 is 13.9 Å². The van der Waals surface area contributed by atoms with Crippen LogP contribution in [0.4, 0.5) is 11.4 Å². The van der Waals surface area contributed by atoms with Gasteiger partial charge in [0.2, 0.25) is 0 Å². The number of nitrogens with zero attached hydrogens (tertiary/aromatic N) is 2. The van der Waals surface area contributed by atoms with Gasteiger partial charge in [0, 0.05) is 42.5 Å². The molecule has 0 spiro atoms. The van der Waals surface area contributed by atoms with Crippen LogP contribution in [0.5, 0.6) is 0 Å². The molecule has 9 heteroatoms. The Morgan fingerprint density at radius 3 is 2.51 bits per heavy atom. The number of aldehydes is 1. The molecular weight excluding hydrogens is 444 g/mol. The van der Waals surface area contributed by atoms with Gasteiger partial charge < -0.3 is 30.5 Å². The molecule has 1 aromatic heterocycles. The van der Waals surface area contributed by atoms with Gasteiger partial charge in [0.1, 0.15) is 11.3 Å². The maximum atomic E-state index is 11.7. The molecule has 0 aliphatic carbocycles. The van der Waals surface area contributed by atoms with Crippen LogP contribution in [0.25, 0.3) is 16.7 Å². The zero-order valence-electron chi connectivity index (χ0n) is 20.1. The summed E-state index contributed by atoms with van der Waals surface area (Å²) in [5.41, 5.74) is 13.6. The third-order valence-electron chi connectivity index (χ3n) is 5.96. The Labute approximate surface area is 204 Å². The Bertz CT molecular complexity index is 1300. The molecule has 3 aromatic rings. The van der Waals surface area contributed by atoms with Crippen LogP contribution in [0.1, 0.15) is 16.9 Å². The van der Waals surface area contributed by atoms with Crippen molar-refractivity contribution in [1.82, 2.24) is 5.43 Å². The second-order valence-electron chi connectivity index (χ2n) is 8.33. The molecule has 1 saturated heterocycles. The molecule has 5 N–H and O–H groups in total. The van der Waals surface area contributed by atoms with Crippen molar-refractivity contribution in [3.63, 3.8) is 0 Å². The fraction of sp³-hybridized carbons (Fsp3) is 0.269. The number of ether oxygens (including phenoxy) is 1. The zero-order chi connectivity index (χ0) is 24.9. The molecule has 182 valence electrons. The fourth-order valence-electron chi connectivity index (χ4n) is 4.16. The second kappa shape index (κ2) is 10.4. The van der Waals surface area contributed by atoms with Crippen LogP contribution in [0.3, 0.4) is 0 Å². The van der Waals surface area contributed by atoms with E-state index in [9.17, 15) is 4.79 Å². The number of hydrogen-bond acceptors (Lipinski definition) is 8. The molecule has 1 aliphatic heterocycles. The van der Waals surface area contributed by atoms with Gasteiger partial charge in [-0.2, -0.15) is 5.10 Å². The number of anilines is 2. The minimum atomic E-state index is -0.315. The van der Waals surface area contributed by atoms with E-state index < -0.39 is 0 Å². The molecule has 35 heavy (non-hydrogen) atoms. The lowest BCUT2D eigenvalue weighted by Gasteiger charge is -2.29. The van der Waals surface area contributed by atoms with Gasteiger partial charge in [-0.25, -0.2) is 0 Å². The molecule has 0 radical (unpaired) electrons. The molecule has 2 heterocycles. The summed E-state index contributed by atoms with van der Waals surface area (Å²) in [5, 5.41) is 16.7. The van der Waals surface area contributed by atoms with Gasteiger partial charge in [0.15, 0.2) is 17.9 Å². The topological polar surface area (TPSA) is 129 Å². The molecule has 9 nitrogen and oxygen atoms in total. The standard InChI is InChI=1S/C26H30N6O3/c1-16-4-9-22-20(14-16)17(2)25(35-22)24(23(21(27)15-33)26(28)31-29-3)30-18-5-7-19(8-6-18)32-10-12-34-13-11-32/h4-9,14-15,27,29-30H,10-13H2,1-3H3,(H2,28,31)/b24-23+,27-21?. The number of fused-ring (bicyclic) bond motifs is 1. The van der Waals surface area contributed by atoms with E-state index in [0.29, 0.717) is 36.5 Å². The molecule has 2 aromatic carbocycles. The highest BCUT2D eigenvalue weighted by Crippen LogP contribution is 2.34. The summed E-state index contributed by atoms with van der Waals surface area (Å²) < 4.78 is 11.7. The average Bonchev–Trinajstić information content (AvgIpc) is 3.20. The van der Waals surface area contributed by atoms with E-state index in [1.807, 2.05) is 56.3 Å². The summed E-state index contributed by atoms with van der Waals surface area (Å²) in [6.45, 7) is 7.05. The molecule has 0 atom stereocenters. The van der Waals surface area contributed by atoms with Crippen LogP contribution in [0.2, 0.25) is 0 Å². The Morgan fingerprint density at radius 1 is 1.14 bits per heavy atom. The summed E-state index contributed by atoms with van der Waals surface area (Å²) in [6.07, 6.45) is 0.443. The first-order valence-corrected chi connectivity index (χ1v) is 11.4. The summed E-state index contributed by atoms with van der Waals surface area (Å²) >= 11 is 0. The first-order chi connectivity index (χ1) is 16.9. The molecule has 0 amide bonds. The Balaban J connectivity index is 1.83. The van der Waals surface area contributed by atoms with Crippen molar-refractivity contribution in [2.75, 3.05) is 43.6 Å². The van der Waals surface area contributed by atoms with Crippen LogP contribution >= 0.6 is 0 Å². The lowest BCUT2D eigenvalue weighted by Crippen LogP contribution is -2.36. The lowest BCUT2D eigenvalue weighted by atomic mass is 10.0. The van der Waals surface area contributed by atoms with Gasteiger partial charge in [-0.3, -0.25) is 10.2 Å². The number of carbonyl (C=O) groups excluding carboxylic acids is 1. The summed E-state index contributed by atoms with van der Waals surface area (Å²) in [6, 6.07) is 13.9. The number of hydrazone groups is 1. The fourth-order valence-corrected chi connectivity index (χ4v) is 4.16. The summed E-state index contributed by atoms with van der Waals surface area (Å²) in [5.74, 6) is 0.479. The number of nitrogens with two attached hydrogens (primary N) is 1. The number of nitrogens with one attached hydrogen (secondary N) is 3. The predicted molar refractivity (Wildman–Crippen MR) is 140 cm³/mol. The predicted octanol–water partition coefficient (Wildman–Crippen LogP) is 3.42. The SMILES string of the molecule is CN/N=C(N)\C(C(=N)C=O)=C(\Nc1ccc(N2CCOCC2)cc1)c1oc2ccc(C)cc2c1C.